The predicted molar refractivity (Wildman–Crippen MR) is 50.5 cm³/mol. The molecule has 2 rings (SSSR count). The third kappa shape index (κ3) is 1.30. The molecule has 2 amide bonds. The molecule has 0 aromatic rings. The number of nitrogens with two attached hydrogens (primary N) is 1. The first-order chi connectivity index (χ1) is 6.12. The molecule has 0 atom stereocenters. The summed E-state index contributed by atoms with van der Waals surface area (Å²) in [5.41, 5.74) is 5.46. The van der Waals surface area contributed by atoms with Gasteiger partial charge in [-0.05, 0) is 31.6 Å². The van der Waals surface area contributed by atoms with Crippen LogP contribution in [0.1, 0.15) is 32.6 Å². The first kappa shape index (κ1) is 8.53. The van der Waals surface area contributed by atoms with E-state index in [1.54, 1.807) is 0 Å². The highest BCUT2D eigenvalue weighted by atomic mass is 16.2. The van der Waals surface area contributed by atoms with E-state index in [-0.39, 0.29) is 11.6 Å². The summed E-state index contributed by atoms with van der Waals surface area (Å²) in [5, 5.41) is 2.87. The van der Waals surface area contributed by atoms with Crippen molar-refractivity contribution in [2.75, 3.05) is 0 Å². The summed E-state index contributed by atoms with van der Waals surface area (Å²) in [7, 11) is 0. The number of hydrogen-bond acceptors (Lipinski definition) is 2. The van der Waals surface area contributed by atoms with Crippen molar-refractivity contribution in [3.63, 3.8) is 0 Å². The van der Waals surface area contributed by atoms with Crippen LogP contribution in [0, 0.1) is 5.92 Å². The zero-order valence-corrected chi connectivity index (χ0v) is 7.84. The van der Waals surface area contributed by atoms with Gasteiger partial charge in [-0.15, -0.1) is 0 Å². The van der Waals surface area contributed by atoms with E-state index in [9.17, 15) is 4.79 Å². The van der Waals surface area contributed by atoms with Crippen molar-refractivity contribution in [3.05, 3.63) is 0 Å². The average Bonchev–Trinajstić information content (AvgIpc) is 2.34. The molecule has 0 bridgehead atoms. The summed E-state index contributed by atoms with van der Waals surface area (Å²) in [6, 6.07) is -0.271. The zero-order chi connectivity index (χ0) is 9.47. The summed E-state index contributed by atoms with van der Waals surface area (Å²) in [4.78, 5) is 14.8. The number of amidine groups is 1. The molecule has 13 heavy (non-hydrogen) atoms. The Kier molecular flexibility index (Phi) is 1.78. The number of rotatable bonds is 0. The Morgan fingerprint density at radius 2 is 2.15 bits per heavy atom. The number of nitrogens with one attached hydrogen (secondary N) is 1. The lowest BCUT2D eigenvalue weighted by molar-refractivity contribution is 0.231. The molecule has 1 aliphatic heterocycles. The summed E-state index contributed by atoms with van der Waals surface area (Å²) in [6.45, 7) is 2.23. The smallest absolute Gasteiger partial charge is 0.343 e. The molecule has 4 nitrogen and oxygen atoms in total. The Balaban J connectivity index is 2.15. The van der Waals surface area contributed by atoms with Gasteiger partial charge in [0.2, 0.25) is 0 Å². The highest BCUT2D eigenvalue weighted by Crippen LogP contribution is 2.33. The van der Waals surface area contributed by atoms with Gasteiger partial charge >= 0.3 is 6.03 Å². The van der Waals surface area contributed by atoms with Crippen LogP contribution < -0.4 is 11.1 Å². The van der Waals surface area contributed by atoms with Gasteiger partial charge in [-0.1, -0.05) is 6.92 Å². The maximum Gasteiger partial charge on any atom is 0.343 e. The Labute approximate surface area is 77.6 Å². The molecule has 0 radical (unpaired) electrons. The third-order valence-electron chi connectivity index (χ3n) is 3.19. The molecule has 1 saturated carbocycles. The van der Waals surface area contributed by atoms with E-state index < -0.39 is 0 Å². The molecule has 72 valence electrons. The highest BCUT2D eigenvalue weighted by Gasteiger charge is 2.42. The highest BCUT2D eigenvalue weighted by molar-refractivity contribution is 6.05. The molecular formula is C9H15N3O. The molecule has 0 unspecified atom stereocenters. The topological polar surface area (TPSA) is 67.5 Å². The minimum absolute atomic E-state index is 0.271. The van der Waals surface area contributed by atoms with Crippen molar-refractivity contribution in [3.8, 4) is 0 Å². The monoisotopic (exact) mass is 181 g/mol. The van der Waals surface area contributed by atoms with E-state index >= 15 is 0 Å². The van der Waals surface area contributed by atoms with Gasteiger partial charge in [0, 0.05) is 0 Å². The van der Waals surface area contributed by atoms with Crippen molar-refractivity contribution >= 4 is 11.9 Å². The number of aliphatic imine (C=N–C) groups is 1. The first-order valence-electron chi connectivity index (χ1n) is 4.79. The fourth-order valence-corrected chi connectivity index (χ4v) is 2.15. The molecule has 4 heteroatoms. The molecule has 1 aliphatic carbocycles. The van der Waals surface area contributed by atoms with Crippen molar-refractivity contribution in [2.24, 2.45) is 16.6 Å². The van der Waals surface area contributed by atoms with Gasteiger partial charge in [-0.25, -0.2) is 4.79 Å². The molecule has 0 saturated heterocycles. The van der Waals surface area contributed by atoms with Crippen LogP contribution in [0.4, 0.5) is 4.79 Å². The number of carbonyl (C=O) groups excluding carboxylic acids is 1. The van der Waals surface area contributed by atoms with Gasteiger partial charge in [-0.2, -0.15) is 4.99 Å². The third-order valence-corrected chi connectivity index (χ3v) is 3.19. The SMILES string of the molecule is CC1CCC2(CC1)NC(=O)N=C2N. The molecule has 0 aromatic heterocycles. The molecule has 2 aliphatic rings. The summed E-state index contributed by atoms with van der Waals surface area (Å²) < 4.78 is 0. The predicted octanol–water partition coefficient (Wildman–Crippen LogP) is 1.02. The second kappa shape index (κ2) is 2.72. The molecule has 1 spiro atoms. The molecule has 3 N–H and O–H groups in total. The van der Waals surface area contributed by atoms with Crippen LogP contribution in [0.5, 0.6) is 0 Å². The zero-order valence-electron chi connectivity index (χ0n) is 7.84. The minimum Gasteiger partial charge on any atom is -0.385 e. The van der Waals surface area contributed by atoms with E-state index in [0.717, 1.165) is 31.6 Å². The molecular weight excluding hydrogens is 166 g/mol. The molecule has 0 aromatic carbocycles. The van der Waals surface area contributed by atoms with Crippen molar-refractivity contribution in [1.82, 2.24) is 5.32 Å². The molecule has 1 heterocycles. The van der Waals surface area contributed by atoms with Crippen molar-refractivity contribution < 1.29 is 4.79 Å². The quantitative estimate of drug-likeness (QED) is 0.585. The van der Waals surface area contributed by atoms with Crippen LogP contribution in [0.15, 0.2) is 4.99 Å². The van der Waals surface area contributed by atoms with Gasteiger partial charge in [0.1, 0.15) is 5.84 Å². The van der Waals surface area contributed by atoms with Gasteiger partial charge in [0.25, 0.3) is 0 Å². The second-order valence-electron chi connectivity index (χ2n) is 4.19. The van der Waals surface area contributed by atoms with Gasteiger partial charge < -0.3 is 11.1 Å². The average molecular weight is 181 g/mol. The number of carbonyl (C=O) groups is 1. The van der Waals surface area contributed by atoms with Gasteiger partial charge in [-0.3, -0.25) is 0 Å². The fraction of sp³-hybridized carbons (Fsp3) is 0.778. The minimum atomic E-state index is -0.288. The maximum atomic E-state index is 11.0. The van der Waals surface area contributed by atoms with E-state index in [1.807, 2.05) is 0 Å². The molecule has 1 fully saturated rings. The summed E-state index contributed by atoms with van der Waals surface area (Å²) >= 11 is 0. The van der Waals surface area contributed by atoms with Crippen LogP contribution in [0.25, 0.3) is 0 Å². The number of urea groups is 1. The van der Waals surface area contributed by atoms with Crippen LogP contribution in [0.3, 0.4) is 0 Å². The van der Waals surface area contributed by atoms with Crippen LogP contribution in [-0.2, 0) is 0 Å². The Bertz CT molecular complexity index is 264. The largest absolute Gasteiger partial charge is 0.385 e. The normalized spacial score (nSPS) is 39.0. The lowest BCUT2D eigenvalue weighted by atomic mass is 9.77. The standard InChI is InChI=1S/C9H15N3O/c1-6-2-4-9(5-3-6)7(10)11-8(13)12-9/h6H,2-5H2,1H3,(H3,10,11,12,13). The lowest BCUT2D eigenvalue weighted by Gasteiger charge is -2.35. The number of hydrogen-bond donors (Lipinski definition) is 2. The Morgan fingerprint density at radius 3 is 2.62 bits per heavy atom. The fourth-order valence-electron chi connectivity index (χ4n) is 2.15. The maximum absolute atomic E-state index is 11.0. The van der Waals surface area contributed by atoms with Crippen LogP contribution in [-0.4, -0.2) is 17.4 Å². The first-order valence-corrected chi connectivity index (χ1v) is 4.79. The van der Waals surface area contributed by atoms with Crippen molar-refractivity contribution in [1.29, 1.82) is 0 Å². The van der Waals surface area contributed by atoms with Crippen LogP contribution in [0.2, 0.25) is 0 Å². The number of amides is 2. The van der Waals surface area contributed by atoms with E-state index in [0.29, 0.717) is 5.84 Å². The summed E-state index contributed by atoms with van der Waals surface area (Å²) in [5.74, 6) is 1.24. The van der Waals surface area contributed by atoms with Gasteiger partial charge in [0.15, 0.2) is 0 Å². The Hall–Kier alpha value is -1.06. The van der Waals surface area contributed by atoms with E-state index in [4.69, 9.17) is 5.73 Å². The van der Waals surface area contributed by atoms with E-state index in [1.165, 1.54) is 0 Å². The second-order valence-corrected chi connectivity index (χ2v) is 4.19. The Morgan fingerprint density at radius 1 is 1.54 bits per heavy atom. The van der Waals surface area contributed by atoms with E-state index in [2.05, 4.69) is 17.2 Å². The van der Waals surface area contributed by atoms with Crippen LogP contribution >= 0.6 is 0 Å². The number of nitrogens with zero attached hydrogens (tertiary/aromatic N) is 1. The van der Waals surface area contributed by atoms with Crippen molar-refractivity contribution in [2.45, 2.75) is 38.1 Å². The van der Waals surface area contributed by atoms with Gasteiger partial charge in [0.05, 0.1) is 5.54 Å². The lowest BCUT2D eigenvalue weighted by Crippen LogP contribution is -2.53. The summed E-state index contributed by atoms with van der Waals surface area (Å²) in [6.07, 6.45) is 4.12.